The summed E-state index contributed by atoms with van der Waals surface area (Å²) in [5.41, 5.74) is 3.03. The van der Waals surface area contributed by atoms with Crippen molar-refractivity contribution in [2.75, 3.05) is 24.5 Å². The molecule has 45 heavy (non-hydrogen) atoms. The first-order chi connectivity index (χ1) is 21.6. The van der Waals surface area contributed by atoms with Gasteiger partial charge in [0.2, 0.25) is 11.8 Å². The number of ether oxygens (including phenoxy) is 1. The van der Waals surface area contributed by atoms with Crippen molar-refractivity contribution in [3.8, 4) is 5.75 Å². The van der Waals surface area contributed by atoms with Gasteiger partial charge in [-0.3, -0.25) is 13.9 Å². The molecule has 0 aliphatic heterocycles. The molecule has 4 rings (SSSR count). The van der Waals surface area contributed by atoms with Crippen LogP contribution in [0.3, 0.4) is 0 Å². The summed E-state index contributed by atoms with van der Waals surface area (Å²) in [6.07, 6.45) is 0.257. The van der Waals surface area contributed by atoms with E-state index in [0.29, 0.717) is 12.3 Å². The maximum atomic E-state index is 14.5. The molecular weight excluding hydrogens is 586 g/mol. The van der Waals surface area contributed by atoms with E-state index in [9.17, 15) is 18.0 Å². The number of nitrogens with zero attached hydrogens (tertiary/aromatic N) is 2. The van der Waals surface area contributed by atoms with Crippen molar-refractivity contribution in [2.24, 2.45) is 5.92 Å². The zero-order valence-corrected chi connectivity index (χ0v) is 27.0. The minimum atomic E-state index is -4.18. The van der Waals surface area contributed by atoms with Crippen LogP contribution in [0.1, 0.15) is 30.5 Å². The Balaban J connectivity index is 1.80. The fraction of sp³-hybridized carbons (Fsp3) is 0.278. The second-order valence-corrected chi connectivity index (χ2v) is 13.2. The normalized spacial score (nSPS) is 11.9. The second-order valence-electron chi connectivity index (χ2n) is 11.4. The van der Waals surface area contributed by atoms with E-state index in [-0.39, 0.29) is 35.4 Å². The van der Waals surface area contributed by atoms with Crippen LogP contribution in [0.25, 0.3) is 0 Å². The molecule has 0 spiro atoms. The third-order valence-electron chi connectivity index (χ3n) is 7.38. The number of benzene rings is 4. The van der Waals surface area contributed by atoms with Gasteiger partial charge in [0.15, 0.2) is 0 Å². The quantitative estimate of drug-likeness (QED) is 0.196. The molecule has 1 N–H and O–H groups in total. The fourth-order valence-corrected chi connectivity index (χ4v) is 6.31. The summed E-state index contributed by atoms with van der Waals surface area (Å²) < 4.78 is 34.6. The van der Waals surface area contributed by atoms with Crippen LogP contribution in [0.15, 0.2) is 114 Å². The van der Waals surface area contributed by atoms with E-state index < -0.39 is 28.5 Å². The first kappa shape index (κ1) is 33.3. The third kappa shape index (κ3) is 8.95. The highest BCUT2D eigenvalue weighted by atomic mass is 32.2. The molecule has 1 atom stereocenters. The van der Waals surface area contributed by atoms with Crippen LogP contribution in [0.4, 0.5) is 5.69 Å². The Bertz CT molecular complexity index is 1660. The van der Waals surface area contributed by atoms with Gasteiger partial charge in [0.05, 0.1) is 17.7 Å². The molecule has 0 saturated carbocycles. The molecule has 0 fully saturated rings. The van der Waals surface area contributed by atoms with Crippen molar-refractivity contribution < 1.29 is 22.7 Å². The molecule has 0 unspecified atom stereocenters. The lowest BCUT2D eigenvalue weighted by molar-refractivity contribution is -0.140. The Kier molecular flexibility index (Phi) is 11.4. The number of methoxy groups -OCH3 is 1. The predicted octanol–water partition coefficient (Wildman–Crippen LogP) is 5.61. The van der Waals surface area contributed by atoms with Gasteiger partial charge in [0.1, 0.15) is 18.3 Å². The number of aryl methyl sites for hydroxylation is 1. The molecular formula is C36H41N3O5S. The predicted molar refractivity (Wildman–Crippen MR) is 177 cm³/mol. The number of carbonyl (C=O) groups excluding carboxylic acids is 2. The number of sulfonamides is 1. The van der Waals surface area contributed by atoms with Crippen molar-refractivity contribution in [3.63, 3.8) is 0 Å². The van der Waals surface area contributed by atoms with Crippen LogP contribution >= 0.6 is 0 Å². The maximum absolute atomic E-state index is 14.5. The van der Waals surface area contributed by atoms with E-state index in [2.05, 4.69) is 5.32 Å². The average molecular weight is 628 g/mol. The van der Waals surface area contributed by atoms with Gasteiger partial charge in [0, 0.05) is 25.6 Å². The number of anilines is 1. The fourth-order valence-electron chi connectivity index (χ4n) is 4.88. The van der Waals surface area contributed by atoms with Crippen LogP contribution in [0, 0.1) is 12.8 Å². The van der Waals surface area contributed by atoms with Crippen molar-refractivity contribution in [3.05, 3.63) is 126 Å². The van der Waals surface area contributed by atoms with Gasteiger partial charge in [-0.2, -0.15) is 0 Å². The SMILES string of the molecule is COc1cccc(N(CC(=O)N(Cc2ccc(C)cc2)[C@H](Cc2ccccc2)C(=O)NCC(C)C)S(=O)(=O)c2ccccc2)c1. The molecule has 4 aromatic carbocycles. The Morgan fingerprint density at radius 2 is 1.47 bits per heavy atom. The van der Waals surface area contributed by atoms with Crippen molar-refractivity contribution >= 4 is 27.5 Å². The molecule has 9 heteroatoms. The van der Waals surface area contributed by atoms with Crippen LogP contribution in [-0.2, 0) is 32.6 Å². The van der Waals surface area contributed by atoms with Gasteiger partial charge in [-0.05, 0) is 48.2 Å². The number of hydrogen-bond acceptors (Lipinski definition) is 5. The summed E-state index contributed by atoms with van der Waals surface area (Å²) >= 11 is 0. The van der Waals surface area contributed by atoms with Gasteiger partial charge in [-0.25, -0.2) is 8.42 Å². The molecule has 0 bridgehead atoms. The Hall–Kier alpha value is -4.63. The first-order valence-electron chi connectivity index (χ1n) is 15.0. The zero-order chi connectivity index (χ0) is 32.4. The monoisotopic (exact) mass is 627 g/mol. The molecule has 2 amide bonds. The van der Waals surface area contributed by atoms with E-state index >= 15 is 0 Å². The Morgan fingerprint density at radius 1 is 0.822 bits per heavy atom. The van der Waals surface area contributed by atoms with Crippen molar-refractivity contribution in [1.29, 1.82) is 0 Å². The highest BCUT2D eigenvalue weighted by Crippen LogP contribution is 2.28. The Morgan fingerprint density at radius 3 is 2.09 bits per heavy atom. The number of hydrogen-bond donors (Lipinski definition) is 1. The summed E-state index contributed by atoms with van der Waals surface area (Å²) in [5.74, 6) is -0.169. The first-order valence-corrected chi connectivity index (χ1v) is 16.4. The van der Waals surface area contributed by atoms with Crippen LogP contribution in [0.5, 0.6) is 5.75 Å². The topological polar surface area (TPSA) is 96.0 Å². The second kappa shape index (κ2) is 15.4. The largest absolute Gasteiger partial charge is 0.497 e. The van der Waals surface area contributed by atoms with E-state index in [0.717, 1.165) is 21.0 Å². The molecule has 0 heterocycles. The molecule has 0 saturated heterocycles. The van der Waals surface area contributed by atoms with Gasteiger partial charge >= 0.3 is 0 Å². The minimum absolute atomic E-state index is 0.0428. The highest BCUT2D eigenvalue weighted by molar-refractivity contribution is 7.92. The summed E-state index contributed by atoms with van der Waals surface area (Å²) in [4.78, 5) is 29.9. The molecule has 0 aromatic heterocycles. The van der Waals surface area contributed by atoms with Gasteiger partial charge in [0.25, 0.3) is 10.0 Å². The lowest BCUT2D eigenvalue weighted by Gasteiger charge is -2.34. The summed E-state index contributed by atoms with van der Waals surface area (Å²) in [7, 11) is -2.69. The van der Waals surface area contributed by atoms with Gasteiger partial charge in [-0.15, -0.1) is 0 Å². The van der Waals surface area contributed by atoms with Gasteiger partial charge in [-0.1, -0.05) is 98.3 Å². The van der Waals surface area contributed by atoms with Crippen molar-refractivity contribution in [2.45, 2.75) is 44.7 Å². The standard InChI is InChI=1S/C36H41N3O5S/c1-27(2)24-37-36(41)34(22-29-12-7-5-8-13-29)38(25-30-20-18-28(3)19-21-30)35(40)26-39(31-14-11-15-32(23-31)44-4)45(42,43)33-16-9-6-10-17-33/h5-21,23,27,34H,22,24-26H2,1-4H3,(H,37,41)/t34-/m1/s1. The lowest BCUT2D eigenvalue weighted by atomic mass is 10.0. The lowest BCUT2D eigenvalue weighted by Crippen LogP contribution is -2.53. The minimum Gasteiger partial charge on any atom is -0.497 e. The summed E-state index contributed by atoms with van der Waals surface area (Å²) in [5, 5.41) is 3.01. The van der Waals surface area contributed by atoms with E-state index in [1.807, 2.05) is 75.4 Å². The molecule has 0 aliphatic carbocycles. The molecule has 0 radical (unpaired) electrons. The average Bonchev–Trinajstić information content (AvgIpc) is 3.05. The van der Waals surface area contributed by atoms with Crippen LogP contribution in [0.2, 0.25) is 0 Å². The van der Waals surface area contributed by atoms with E-state index in [1.165, 1.54) is 24.1 Å². The smallest absolute Gasteiger partial charge is 0.264 e. The highest BCUT2D eigenvalue weighted by Gasteiger charge is 2.34. The summed E-state index contributed by atoms with van der Waals surface area (Å²) in [6, 6.07) is 30.9. The zero-order valence-electron chi connectivity index (χ0n) is 26.2. The van der Waals surface area contributed by atoms with Crippen LogP contribution < -0.4 is 14.4 Å². The van der Waals surface area contributed by atoms with Gasteiger partial charge < -0.3 is 15.0 Å². The third-order valence-corrected chi connectivity index (χ3v) is 9.17. The molecule has 4 aromatic rings. The number of amides is 2. The molecule has 0 aliphatic rings. The molecule has 8 nitrogen and oxygen atoms in total. The van der Waals surface area contributed by atoms with Crippen molar-refractivity contribution in [1.82, 2.24) is 10.2 Å². The Labute approximate surface area is 266 Å². The van der Waals surface area contributed by atoms with Crippen LogP contribution in [-0.4, -0.2) is 51.4 Å². The maximum Gasteiger partial charge on any atom is 0.264 e. The number of carbonyl (C=O) groups is 2. The molecule has 236 valence electrons. The van der Waals surface area contributed by atoms with E-state index in [4.69, 9.17) is 4.74 Å². The summed E-state index contributed by atoms with van der Waals surface area (Å²) in [6.45, 7) is 6.01. The number of rotatable bonds is 14. The van der Waals surface area contributed by atoms with E-state index in [1.54, 1.807) is 42.5 Å². The number of nitrogens with one attached hydrogen (secondary N) is 1.